The third kappa shape index (κ3) is 5.25. The summed E-state index contributed by atoms with van der Waals surface area (Å²) in [5.74, 6) is 0.374. The normalized spacial score (nSPS) is 13.3. The van der Waals surface area contributed by atoms with Crippen LogP contribution < -0.4 is 11.1 Å². The van der Waals surface area contributed by atoms with Crippen LogP contribution in [0.25, 0.3) is 0 Å². The van der Waals surface area contributed by atoms with Gasteiger partial charge in [-0.3, -0.25) is 4.79 Å². The Morgan fingerprint density at radius 3 is 2.32 bits per heavy atom. The Labute approximate surface area is 120 Å². The van der Waals surface area contributed by atoms with Crippen LogP contribution in [-0.4, -0.2) is 24.2 Å². The summed E-state index contributed by atoms with van der Waals surface area (Å²) >= 11 is 1.65. The first-order valence-corrected chi connectivity index (χ1v) is 7.59. The molecule has 1 amide bonds. The van der Waals surface area contributed by atoms with Crippen LogP contribution in [0.3, 0.4) is 0 Å². The minimum Gasteiger partial charge on any atom is -0.368 e. The van der Waals surface area contributed by atoms with E-state index in [0.717, 1.165) is 11.4 Å². The zero-order valence-corrected chi connectivity index (χ0v) is 13.0. The molecule has 0 saturated heterocycles. The lowest BCUT2D eigenvalue weighted by Gasteiger charge is -2.19. The van der Waals surface area contributed by atoms with Gasteiger partial charge in [-0.2, -0.15) is 0 Å². The van der Waals surface area contributed by atoms with Crippen molar-refractivity contribution in [3.63, 3.8) is 0 Å². The maximum Gasteiger partial charge on any atom is 0.235 e. The summed E-state index contributed by atoms with van der Waals surface area (Å²) in [7, 11) is 0. The zero-order chi connectivity index (χ0) is 14.5. The molecule has 106 valence electrons. The second kappa shape index (κ2) is 6.96. The topological polar surface area (TPSA) is 55.1 Å². The Balaban J connectivity index is 2.61. The first kappa shape index (κ1) is 16.1. The van der Waals surface area contributed by atoms with E-state index in [2.05, 4.69) is 50.4 Å². The fourth-order valence-electron chi connectivity index (χ4n) is 1.72. The molecule has 1 atom stereocenters. The van der Waals surface area contributed by atoms with E-state index in [1.807, 2.05) is 6.92 Å². The van der Waals surface area contributed by atoms with Crippen molar-refractivity contribution in [2.24, 2.45) is 5.73 Å². The Hall–Kier alpha value is -1.00. The third-order valence-corrected chi connectivity index (χ3v) is 4.04. The minimum atomic E-state index is -0.291. The maximum absolute atomic E-state index is 11.2. The Morgan fingerprint density at radius 1 is 1.32 bits per heavy atom. The first-order chi connectivity index (χ1) is 8.84. The molecular formula is C15H24N2OS. The highest BCUT2D eigenvalue weighted by molar-refractivity contribution is 7.99. The van der Waals surface area contributed by atoms with Crippen LogP contribution in [-0.2, 0) is 10.2 Å². The molecule has 1 rings (SSSR count). The number of nitrogens with one attached hydrogen (secondary N) is 1. The molecule has 0 heterocycles. The van der Waals surface area contributed by atoms with Gasteiger partial charge in [-0.05, 0) is 29.7 Å². The highest BCUT2D eigenvalue weighted by Crippen LogP contribution is 2.25. The van der Waals surface area contributed by atoms with Gasteiger partial charge in [-0.15, -0.1) is 11.8 Å². The number of hydrogen-bond acceptors (Lipinski definition) is 3. The molecule has 3 N–H and O–H groups in total. The van der Waals surface area contributed by atoms with Crippen molar-refractivity contribution in [3.05, 3.63) is 29.8 Å². The van der Waals surface area contributed by atoms with Crippen molar-refractivity contribution >= 4 is 17.7 Å². The summed E-state index contributed by atoms with van der Waals surface area (Å²) in [6.07, 6.45) is 0. The Bertz CT molecular complexity index is 409. The number of hydrogen-bond donors (Lipinski definition) is 2. The number of rotatable bonds is 6. The van der Waals surface area contributed by atoms with Crippen LogP contribution in [0.1, 0.15) is 33.3 Å². The second-order valence-corrected chi connectivity index (χ2v) is 6.69. The molecule has 1 unspecified atom stereocenters. The molecule has 3 nitrogen and oxygen atoms in total. The maximum atomic E-state index is 11.2. The summed E-state index contributed by atoms with van der Waals surface area (Å²) < 4.78 is 0. The number of carbonyl (C=O) groups is 1. The van der Waals surface area contributed by atoms with E-state index < -0.39 is 0 Å². The molecule has 0 bridgehead atoms. The summed E-state index contributed by atoms with van der Waals surface area (Å²) in [6, 6.07) is 8.24. The Kier molecular flexibility index (Phi) is 5.88. The van der Waals surface area contributed by atoms with Crippen molar-refractivity contribution in [2.45, 2.75) is 44.0 Å². The van der Waals surface area contributed by atoms with Gasteiger partial charge in [-0.25, -0.2) is 0 Å². The largest absolute Gasteiger partial charge is 0.368 e. The lowest BCUT2D eigenvalue weighted by atomic mass is 9.87. The van der Waals surface area contributed by atoms with Gasteiger partial charge in [0.2, 0.25) is 5.91 Å². The van der Waals surface area contributed by atoms with Crippen LogP contribution in [0.2, 0.25) is 0 Å². The first-order valence-electron chi connectivity index (χ1n) is 6.60. The lowest BCUT2D eigenvalue weighted by Crippen LogP contribution is -2.42. The number of likely N-dealkylation sites (N-methyl/N-ethyl adjacent to an activating group) is 1. The molecule has 1 aromatic rings. The predicted molar refractivity (Wildman–Crippen MR) is 82.5 cm³/mol. The van der Waals surface area contributed by atoms with E-state index in [1.165, 1.54) is 5.56 Å². The molecule has 0 aliphatic carbocycles. The SMILES string of the molecule is CCNC(CSc1ccc(C(C)(C)C)cc1)C(N)=O. The molecule has 0 fully saturated rings. The molecule has 4 heteroatoms. The van der Waals surface area contributed by atoms with E-state index in [4.69, 9.17) is 5.73 Å². The van der Waals surface area contributed by atoms with Crippen molar-refractivity contribution in [2.75, 3.05) is 12.3 Å². The molecular weight excluding hydrogens is 256 g/mol. The smallest absolute Gasteiger partial charge is 0.235 e. The van der Waals surface area contributed by atoms with E-state index >= 15 is 0 Å². The van der Waals surface area contributed by atoms with Gasteiger partial charge in [0, 0.05) is 10.6 Å². The summed E-state index contributed by atoms with van der Waals surface area (Å²) in [6.45, 7) is 9.31. The Morgan fingerprint density at radius 2 is 1.89 bits per heavy atom. The van der Waals surface area contributed by atoms with Gasteiger partial charge in [0.05, 0.1) is 6.04 Å². The van der Waals surface area contributed by atoms with Gasteiger partial charge < -0.3 is 11.1 Å². The fourth-order valence-corrected chi connectivity index (χ4v) is 2.69. The average Bonchev–Trinajstić information content (AvgIpc) is 2.33. The summed E-state index contributed by atoms with van der Waals surface area (Å²) in [5.41, 5.74) is 6.84. The zero-order valence-electron chi connectivity index (χ0n) is 12.2. The predicted octanol–water partition coefficient (Wildman–Crippen LogP) is 2.54. The molecule has 19 heavy (non-hydrogen) atoms. The number of carbonyl (C=O) groups excluding carboxylic acids is 1. The second-order valence-electron chi connectivity index (χ2n) is 5.60. The summed E-state index contributed by atoms with van der Waals surface area (Å²) in [5, 5.41) is 3.09. The molecule has 0 radical (unpaired) electrons. The van der Waals surface area contributed by atoms with Crippen LogP contribution >= 0.6 is 11.8 Å². The van der Waals surface area contributed by atoms with Crippen LogP contribution in [0.15, 0.2) is 29.2 Å². The van der Waals surface area contributed by atoms with E-state index in [0.29, 0.717) is 5.75 Å². The van der Waals surface area contributed by atoms with Crippen molar-refractivity contribution in [3.8, 4) is 0 Å². The monoisotopic (exact) mass is 280 g/mol. The standard InChI is InChI=1S/C15H24N2OS/c1-5-17-13(14(16)18)10-19-12-8-6-11(7-9-12)15(2,3)4/h6-9,13,17H,5,10H2,1-4H3,(H2,16,18). The van der Waals surface area contributed by atoms with Crippen LogP contribution in [0.5, 0.6) is 0 Å². The van der Waals surface area contributed by atoms with Crippen molar-refractivity contribution in [1.82, 2.24) is 5.32 Å². The molecule has 1 aromatic carbocycles. The molecule has 0 saturated carbocycles. The highest BCUT2D eigenvalue weighted by atomic mass is 32.2. The van der Waals surface area contributed by atoms with Gasteiger partial charge in [0.25, 0.3) is 0 Å². The van der Waals surface area contributed by atoms with Gasteiger partial charge in [-0.1, -0.05) is 39.8 Å². The number of thioether (sulfide) groups is 1. The van der Waals surface area contributed by atoms with E-state index in [-0.39, 0.29) is 17.4 Å². The number of nitrogens with two attached hydrogens (primary N) is 1. The molecule has 0 spiro atoms. The van der Waals surface area contributed by atoms with Crippen molar-refractivity contribution < 1.29 is 4.79 Å². The fraction of sp³-hybridized carbons (Fsp3) is 0.533. The average molecular weight is 280 g/mol. The molecule has 0 aliphatic heterocycles. The molecule has 0 aliphatic rings. The van der Waals surface area contributed by atoms with Crippen molar-refractivity contribution in [1.29, 1.82) is 0 Å². The van der Waals surface area contributed by atoms with Gasteiger partial charge in [0.15, 0.2) is 0 Å². The van der Waals surface area contributed by atoms with Gasteiger partial charge >= 0.3 is 0 Å². The van der Waals surface area contributed by atoms with Gasteiger partial charge in [0.1, 0.15) is 0 Å². The van der Waals surface area contributed by atoms with E-state index in [1.54, 1.807) is 11.8 Å². The van der Waals surface area contributed by atoms with Crippen LogP contribution in [0, 0.1) is 0 Å². The number of primary amides is 1. The quantitative estimate of drug-likeness (QED) is 0.787. The van der Waals surface area contributed by atoms with E-state index in [9.17, 15) is 4.79 Å². The minimum absolute atomic E-state index is 0.169. The highest BCUT2D eigenvalue weighted by Gasteiger charge is 2.15. The number of benzene rings is 1. The van der Waals surface area contributed by atoms with Crippen LogP contribution in [0.4, 0.5) is 0 Å². The third-order valence-electron chi connectivity index (χ3n) is 2.93. The number of amides is 1. The lowest BCUT2D eigenvalue weighted by molar-refractivity contribution is -0.119. The summed E-state index contributed by atoms with van der Waals surface area (Å²) in [4.78, 5) is 12.4. The molecule has 0 aromatic heterocycles.